The number of rotatable bonds is 5. The molecular weight excluding hydrogens is 445 g/mol. The molecule has 110 valence electrons. The maximum atomic E-state index is 12.2. The lowest BCUT2D eigenvalue weighted by Crippen LogP contribution is -2.22. The van der Waals surface area contributed by atoms with E-state index in [9.17, 15) is 4.79 Å². The van der Waals surface area contributed by atoms with Gasteiger partial charge in [-0.2, -0.15) is 0 Å². The summed E-state index contributed by atoms with van der Waals surface area (Å²) in [5.41, 5.74) is 1.90. The Balaban J connectivity index is 2.50. The summed E-state index contributed by atoms with van der Waals surface area (Å²) in [6.07, 6.45) is 1.70. The third-order valence-corrected chi connectivity index (χ3v) is 4.51. The van der Waals surface area contributed by atoms with E-state index in [1.54, 1.807) is 10.6 Å². The molecule has 0 bridgehead atoms. The van der Waals surface area contributed by atoms with E-state index in [0.29, 0.717) is 13.2 Å². The number of aromatic nitrogens is 1. The van der Waals surface area contributed by atoms with Crippen LogP contribution in [0.3, 0.4) is 0 Å². The number of halogens is 2. The molecule has 0 spiro atoms. The van der Waals surface area contributed by atoms with Crippen LogP contribution in [0.2, 0.25) is 0 Å². The van der Waals surface area contributed by atoms with Crippen LogP contribution in [-0.4, -0.2) is 11.2 Å². The van der Waals surface area contributed by atoms with Gasteiger partial charge in [0.2, 0.25) is 0 Å². The smallest absolute Gasteiger partial charge is 0.264 e. The Morgan fingerprint density at radius 3 is 2.76 bits per heavy atom. The molecule has 0 N–H and O–H groups in total. The first-order valence-electron chi connectivity index (χ1n) is 6.51. The molecule has 5 heteroatoms. The van der Waals surface area contributed by atoms with E-state index in [2.05, 4.69) is 45.1 Å². The molecule has 21 heavy (non-hydrogen) atoms. The normalized spacial score (nSPS) is 10.4. The minimum Gasteiger partial charge on any atom is -0.490 e. The van der Waals surface area contributed by atoms with Crippen LogP contribution < -0.4 is 10.3 Å². The molecule has 1 aromatic carbocycles. The minimum absolute atomic E-state index is 0.0366. The second kappa shape index (κ2) is 7.26. The molecule has 0 fully saturated rings. The fourth-order valence-electron chi connectivity index (χ4n) is 2.05. The van der Waals surface area contributed by atoms with Crippen molar-refractivity contribution in [2.45, 2.75) is 13.5 Å². The van der Waals surface area contributed by atoms with Crippen molar-refractivity contribution in [2.75, 3.05) is 6.61 Å². The van der Waals surface area contributed by atoms with Crippen LogP contribution in [0.5, 0.6) is 5.75 Å². The van der Waals surface area contributed by atoms with E-state index in [-0.39, 0.29) is 5.56 Å². The molecule has 0 unspecified atom stereocenters. The summed E-state index contributed by atoms with van der Waals surface area (Å²) in [5.74, 6) is 0.765. The van der Waals surface area contributed by atoms with Gasteiger partial charge < -0.3 is 9.30 Å². The second-order valence-electron chi connectivity index (χ2n) is 4.36. The average Bonchev–Trinajstić information content (AvgIpc) is 2.48. The molecular formula is C16H15BrINO2. The van der Waals surface area contributed by atoms with E-state index in [4.69, 9.17) is 4.74 Å². The van der Waals surface area contributed by atoms with Gasteiger partial charge in [0.1, 0.15) is 12.4 Å². The summed E-state index contributed by atoms with van der Waals surface area (Å²) >= 11 is 5.62. The quantitative estimate of drug-likeness (QED) is 0.488. The van der Waals surface area contributed by atoms with Gasteiger partial charge in [-0.3, -0.25) is 4.79 Å². The summed E-state index contributed by atoms with van der Waals surface area (Å²) in [6.45, 7) is 6.70. The summed E-state index contributed by atoms with van der Waals surface area (Å²) in [7, 11) is 0. The lowest BCUT2D eigenvalue weighted by molar-refractivity contribution is 0.363. The number of benzene rings is 1. The van der Waals surface area contributed by atoms with Crippen molar-refractivity contribution in [1.29, 1.82) is 0 Å². The average molecular weight is 460 g/mol. The van der Waals surface area contributed by atoms with Gasteiger partial charge in [-0.05, 0) is 75.8 Å². The van der Waals surface area contributed by atoms with Gasteiger partial charge in [0, 0.05) is 16.6 Å². The van der Waals surface area contributed by atoms with Gasteiger partial charge in [0.05, 0.1) is 9.26 Å². The van der Waals surface area contributed by atoms with E-state index < -0.39 is 0 Å². The van der Waals surface area contributed by atoms with E-state index in [0.717, 1.165) is 25.0 Å². The Labute approximate surface area is 145 Å². The highest BCUT2D eigenvalue weighted by Crippen LogP contribution is 2.31. The molecule has 1 heterocycles. The maximum absolute atomic E-state index is 12.2. The third-order valence-electron chi connectivity index (χ3n) is 3.03. The van der Waals surface area contributed by atoms with Gasteiger partial charge in [-0.25, -0.2) is 0 Å². The molecule has 0 radical (unpaired) electrons. The van der Waals surface area contributed by atoms with E-state index in [1.165, 1.54) is 0 Å². The largest absolute Gasteiger partial charge is 0.490 e. The Morgan fingerprint density at radius 1 is 1.38 bits per heavy atom. The summed E-state index contributed by atoms with van der Waals surface area (Å²) < 4.78 is 8.90. The number of hydrogen-bond acceptors (Lipinski definition) is 2. The van der Waals surface area contributed by atoms with Crippen molar-refractivity contribution in [3.05, 3.63) is 61.4 Å². The Hall–Kier alpha value is -1.08. The number of pyridine rings is 1. The fourth-order valence-corrected chi connectivity index (χ4v) is 3.08. The fraction of sp³-hybridized carbons (Fsp3) is 0.188. The van der Waals surface area contributed by atoms with Crippen LogP contribution in [0.1, 0.15) is 6.92 Å². The first-order valence-corrected chi connectivity index (χ1v) is 8.38. The minimum atomic E-state index is 0.0366. The SMILES string of the molecule is C=CCOc1ccc(-c2ccc(I)c(=O)n2CC)c(Br)c1. The molecule has 2 aromatic rings. The van der Waals surface area contributed by atoms with Crippen molar-refractivity contribution in [1.82, 2.24) is 4.57 Å². The summed E-state index contributed by atoms with van der Waals surface area (Å²) in [6, 6.07) is 9.57. The number of nitrogens with zero attached hydrogens (tertiary/aromatic N) is 1. The highest BCUT2D eigenvalue weighted by molar-refractivity contribution is 14.1. The predicted octanol–water partition coefficient (Wildman–Crippen LogP) is 4.47. The van der Waals surface area contributed by atoms with Crippen LogP contribution in [-0.2, 0) is 6.54 Å². The summed E-state index contributed by atoms with van der Waals surface area (Å²) in [5, 5.41) is 0. The van der Waals surface area contributed by atoms with E-state index in [1.807, 2.05) is 37.3 Å². The Kier molecular flexibility index (Phi) is 5.64. The van der Waals surface area contributed by atoms with Crippen molar-refractivity contribution < 1.29 is 4.74 Å². The number of hydrogen-bond donors (Lipinski definition) is 0. The van der Waals surface area contributed by atoms with Crippen LogP contribution >= 0.6 is 38.5 Å². The van der Waals surface area contributed by atoms with Gasteiger partial charge in [0.25, 0.3) is 5.56 Å². The molecule has 0 saturated carbocycles. The molecule has 1 aromatic heterocycles. The van der Waals surface area contributed by atoms with Crippen LogP contribution in [0.4, 0.5) is 0 Å². The standard InChI is InChI=1S/C16H15BrINO2/c1-3-9-21-11-5-6-12(13(17)10-11)15-8-7-14(18)16(20)19(15)4-2/h3,5-8,10H,1,4,9H2,2H3. The first kappa shape index (κ1) is 16.3. The van der Waals surface area contributed by atoms with Gasteiger partial charge in [0.15, 0.2) is 0 Å². The monoisotopic (exact) mass is 459 g/mol. The molecule has 0 saturated heterocycles. The molecule has 0 amide bonds. The van der Waals surface area contributed by atoms with Crippen LogP contribution in [0.15, 0.2) is 52.3 Å². The lowest BCUT2D eigenvalue weighted by atomic mass is 10.1. The lowest BCUT2D eigenvalue weighted by Gasteiger charge is -2.14. The predicted molar refractivity (Wildman–Crippen MR) is 97.9 cm³/mol. The zero-order valence-corrected chi connectivity index (χ0v) is 15.3. The Morgan fingerprint density at radius 2 is 2.14 bits per heavy atom. The molecule has 0 aliphatic heterocycles. The van der Waals surface area contributed by atoms with Gasteiger partial charge in [-0.15, -0.1) is 0 Å². The highest BCUT2D eigenvalue weighted by Gasteiger charge is 2.11. The summed E-state index contributed by atoms with van der Waals surface area (Å²) in [4.78, 5) is 12.2. The third kappa shape index (κ3) is 3.58. The first-order chi connectivity index (χ1) is 10.1. The zero-order valence-electron chi connectivity index (χ0n) is 11.6. The zero-order chi connectivity index (χ0) is 15.4. The van der Waals surface area contributed by atoms with E-state index >= 15 is 0 Å². The maximum Gasteiger partial charge on any atom is 0.264 e. The van der Waals surface area contributed by atoms with Crippen molar-refractivity contribution in [3.8, 4) is 17.0 Å². The van der Waals surface area contributed by atoms with Crippen molar-refractivity contribution in [2.24, 2.45) is 0 Å². The van der Waals surface area contributed by atoms with Crippen LogP contribution in [0, 0.1) is 3.57 Å². The molecule has 0 aliphatic rings. The molecule has 0 aliphatic carbocycles. The van der Waals surface area contributed by atoms with Crippen molar-refractivity contribution >= 4 is 38.5 Å². The van der Waals surface area contributed by atoms with Gasteiger partial charge >= 0.3 is 0 Å². The molecule has 3 nitrogen and oxygen atoms in total. The van der Waals surface area contributed by atoms with Crippen molar-refractivity contribution in [3.63, 3.8) is 0 Å². The van der Waals surface area contributed by atoms with Gasteiger partial charge in [-0.1, -0.05) is 12.7 Å². The molecule has 2 rings (SSSR count). The Bertz CT molecular complexity index is 725. The highest BCUT2D eigenvalue weighted by atomic mass is 127. The topological polar surface area (TPSA) is 31.2 Å². The molecule has 0 atom stereocenters. The second-order valence-corrected chi connectivity index (χ2v) is 6.37. The van der Waals surface area contributed by atoms with Crippen LogP contribution in [0.25, 0.3) is 11.3 Å². The number of ether oxygens (including phenoxy) is 1.